The van der Waals surface area contributed by atoms with E-state index in [0.717, 1.165) is 16.8 Å². The van der Waals surface area contributed by atoms with Gasteiger partial charge in [0, 0.05) is 41.1 Å². The van der Waals surface area contributed by atoms with Gasteiger partial charge in [-0.3, -0.25) is 4.79 Å². The molecular weight excluding hydrogens is 394 g/mol. The van der Waals surface area contributed by atoms with E-state index in [1.54, 1.807) is 0 Å². The number of para-hydroxylation sites is 2. The van der Waals surface area contributed by atoms with E-state index in [-0.39, 0.29) is 12.1 Å². The molecule has 0 saturated heterocycles. The van der Waals surface area contributed by atoms with Crippen LogP contribution in [0, 0.1) is 0 Å². The minimum Gasteiger partial charge on any atom is -0.361 e. The first kappa shape index (κ1) is 18.7. The SMILES string of the molecule is Cn1c2ccccc2c2cc([C@@H]3Nc4ccccc4C(=O)N3Cc3ccccc3)ccc21. The van der Waals surface area contributed by atoms with Crippen molar-refractivity contribution in [2.75, 3.05) is 5.32 Å². The van der Waals surface area contributed by atoms with Crippen LogP contribution in [0.15, 0.2) is 97.1 Å². The molecule has 4 heteroatoms. The Morgan fingerprint density at radius 3 is 2.38 bits per heavy atom. The molecular formula is C28H23N3O. The molecule has 1 aliphatic heterocycles. The number of carbonyl (C=O) groups is 1. The lowest BCUT2D eigenvalue weighted by molar-refractivity contribution is 0.0666. The van der Waals surface area contributed by atoms with Gasteiger partial charge in [-0.2, -0.15) is 0 Å². The molecule has 1 aromatic heterocycles. The number of hydrogen-bond donors (Lipinski definition) is 1. The Morgan fingerprint density at radius 2 is 1.50 bits per heavy atom. The third-order valence-electron chi connectivity index (χ3n) is 6.47. The van der Waals surface area contributed by atoms with Gasteiger partial charge in [-0.15, -0.1) is 0 Å². The Hall–Kier alpha value is -4.05. The van der Waals surface area contributed by atoms with E-state index in [4.69, 9.17) is 0 Å². The van der Waals surface area contributed by atoms with E-state index in [0.29, 0.717) is 12.1 Å². The summed E-state index contributed by atoms with van der Waals surface area (Å²) in [4.78, 5) is 15.5. The number of benzene rings is 4. The van der Waals surface area contributed by atoms with Crippen LogP contribution in [-0.4, -0.2) is 15.4 Å². The van der Waals surface area contributed by atoms with Crippen LogP contribution in [0.2, 0.25) is 0 Å². The number of nitrogens with zero attached hydrogens (tertiary/aromatic N) is 2. The van der Waals surface area contributed by atoms with E-state index in [1.807, 2.05) is 47.4 Å². The van der Waals surface area contributed by atoms with Crippen LogP contribution in [0.5, 0.6) is 0 Å². The summed E-state index contributed by atoms with van der Waals surface area (Å²) in [5.41, 5.74) is 6.17. The molecule has 0 aliphatic carbocycles. The normalized spacial score (nSPS) is 15.7. The van der Waals surface area contributed by atoms with Crippen LogP contribution in [0.3, 0.4) is 0 Å². The molecule has 0 fully saturated rings. The van der Waals surface area contributed by atoms with Gasteiger partial charge in [0.15, 0.2) is 0 Å². The first-order valence-electron chi connectivity index (χ1n) is 10.9. The summed E-state index contributed by atoms with van der Waals surface area (Å²) in [6, 6.07) is 32.9. The summed E-state index contributed by atoms with van der Waals surface area (Å²) in [6.45, 7) is 0.541. The first-order chi connectivity index (χ1) is 15.7. The van der Waals surface area contributed by atoms with Crippen LogP contribution in [0.1, 0.15) is 27.7 Å². The van der Waals surface area contributed by atoms with Gasteiger partial charge in [-0.1, -0.05) is 66.7 Å². The molecule has 4 nitrogen and oxygen atoms in total. The van der Waals surface area contributed by atoms with E-state index in [1.165, 1.54) is 21.8 Å². The van der Waals surface area contributed by atoms with Crippen molar-refractivity contribution in [1.29, 1.82) is 0 Å². The summed E-state index contributed by atoms with van der Waals surface area (Å²) in [6.07, 6.45) is -0.249. The Bertz CT molecular complexity index is 1470. The zero-order valence-electron chi connectivity index (χ0n) is 17.8. The molecule has 1 amide bonds. The van der Waals surface area contributed by atoms with Gasteiger partial charge < -0.3 is 14.8 Å². The highest BCUT2D eigenvalue weighted by atomic mass is 16.2. The number of rotatable bonds is 3. The molecule has 6 rings (SSSR count). The molecule has 0 spiro atoms. The number of nitrogens with one attached hydrogen (secondary N) is 1. The molecule has 0 bridgehead atoms. The Morgan fingerprint density at radius 1 is 0.781 bits per heavy atom. The highest BCUT2D eigenvalue weighted by molar-refractivity contribution is 6.08. The van der Waals surface area contributed by atoms with Crippen molar-refractivity contribution in [2.45, 2.75) is 12.7 Å². The minimum absolute atomic E-state index is 0.0474. The maximum atomic E-state index is 13.6. The Kier molecular flexibility index (Phi) is 4.25. The van der Waals surface area contributed by atoms with E-state index < -0.39 is 0 Å². The Labute approximate surface area is 186 Å². The number of carbonyl (C=O) groups excluding carboxylic acids is 1. The fourth-order valence-electron chi connectivity index (χ4n) is 4.85. The van der Waals surface area contributed by atoms with Crippen molar-refractivity contribution < 1.29 is 4.79 Å². The number of hydrogen-bond acceptors (Lipinski definition) is 2. The standard InChI is InChI=1S/C28H23N3O/c1-30-25-14-8-6-11-21(25)23-17-20(15-16-26(23)30)27-29-24-13-7-5-12-22(24)28(32)31(27)18-19-9-3-2-4-10-19/h2-17,27,29H,18H2,1H3/t27-/m1/s1. The lowest BCUT2D eigenvalue weighted by Gasteiger charge is -2.38. The van der Waals surface area contributed by atoms with Gasteiger partial charge in [-0.05, 0) is 41.5 Å². The highest BCUT2D eigenvalue weighted by Crippen LogP contribution is 2.37. The summed E-state index contributed by atoms with van der Waals surface area (Å²) < 4.78 is 2.23. The second-order valence-corrected chi connectivity index (χ2v) is 8.36. The van der Waals surface area contributed by atoms with Gasteiger partial charge in [-0.25, -0.2) is 0 Å². The van der Waals surface area contributed by atoms with Crippen LogP contribution in [0.25, 0.3) is 21.8 Å². The highest BCUT2D eigenvalue weighted by Gasteiger charge is 2.33. The molecule has 1 atom stereocenters. The summed E-state index contributed by atoms with van der Waals surface area (Å²) >= 11 is 0. The Balaban J connectivity index is 1.50. The molecule has 0 radical (unpaired) electrons. The zero-order chi connectivity index (χ0) is 21.7. The van der Waals surface area contributed by atoms with Crippen molar-refractivity contribution in [3.8, 4) is 0 Å². The zero-order valence-corrected chi connectivity index (χ0v) is 17.8. The van der Waals surface area contributed by atoms with Gasteiger partial charge in [0.1, 0.15) is 6.17 Å². The molecule has 156 valence electrons. The number of amides is 1. The van der Waals surface area contributed by atoms with Gasteiger partial charge >= 0.3 is 0 Å². The largest absolute Gasteiger partial charge is 0.361 e. The predicted octanol–water partition coefficient (Wildman–Crippen LogP) is 6.10. The summed E-state index contributed by atoms with van der Waals surface area (Å²) in [7, 11) is 2.10. The molecule has 1 aliphatic rings. The second kappa shape index (κ2) is 7.27. The molecule has 32 heavy (non-hydrogen) atoms. The monoisotopic (exact) mass is 417 g/mol. The fraction of sp³-hybridized carbons (Fsp3) is 0.107. The molecule has 1 N–H and O–H groups in total. The third-order valence-corrected chi connectivity index (χ3v) is 6.47. The predicted molar refractivity (Wildman–Crippen MR) is 130 cm³/mol. The average molecular weight is 418 g/mol. The van der Waals surface area contributed by atoms with Gasteiger partial charge in [0.2, 0.25) is 0 Å². The maximum absolute atomic E-state index is 13.6. The molecule has 0 unspecified atom stereocenters. The lowest BCUT2D eigenvalue weighted by atomic mass is 10.0. The topological polar surface area (TPSA) is 37.3 Å². The third kappa shape index (κ3) is 2.88. The van der Waals surface area contributed by atoms with E-state index in [9.17, 15) is 4.79 Å². The second-order valence-electron chi connectivity index (χ2n) is 8.36. The summed E-state index contributed by atoms with van der Waals surface area (Å²) in [5, 5.41) is 6.06. The van der Waals surface area contributed by atoms with E-state index in [2.05, 4.69) is 71.5 Å². The van der Waals surface area contributed by atoms with Gasteiger partial charge in [0.25, 0.3) is 5.91 Å². The van der Waals surface area contributed by atoms with Crippen molar-refractivity contribution in [3.05, 3.63) is 114 Å². The smallest absolute Gasteiger partial charge is 0.258 e. The van der Waals surface area contributed by atoms with Crippen molar-refractivity contribution >= 4 is 33.4 Å². The first-order valence-corrected chi connectivity index (χ1v) is 10.9. The van der Waals surface area contributed by atoms with Crippen LogP contribution in [0.4, 0.5) is 5.69 Å². The maximum Gasteiger partial charge on any atom is 0.258 e. The number of fused-ring (bicyclic) bond motifs is 4. The lowest BCUT2D eigenvalue weighted by Crippen LogP contribution is -2.42. The van der Waals surface area contributed by atoms with Gasteiger partial charge in [0.05, 0.1) is 5.56 Å². The fourth-order valence-corrected chi connectivity index (χ4v) is 4.85. The summed E-state index contributed by atoms with van der Waals surface area (Å²) in [5.74, 6) is 0.0474. The number of aromatic nitrogens is 1. The number of anilines is 1. The van der Waals surface area contributed by atoms with Crippen molar-refractivity contribution in [2.24, 2.45) is 7.05 Å². The minimum atomic E-state index is -0.249. The van der Waals surface area contributed by atoms with Crippen molar-refractivity contribution in [3.63, 3.8) is 0 Å². The van der Waals surface area contributed by atoms with Crippen LogP contribution >= 0.6 is 0 Å². The van der Waals surface area contributed by atoms with Crippen LogP contribution < -0.4 is 5.32 Å². The molecule has 5 aromatic rings. The quantitative estimate of drug-likeness (QED) is 0.385. The molecule has 2 heterocycles. The van der Waals surface area contributed by atoms with Crippen molar-refractivity contribution in [1.82, 2.24) is 9.47 Å². The van der Waals surface area contributed by atoms with E-state index >= 15 is 0 Å². The average Bonchev–Trinajstić information content (AvgIpc) is 3.13. The van der Waals surface area contributed by atoms with Crippen LogP contribution in [-0.2, 0) is 13.6 Å². The molecule has 4 aromatic carbocycles. The molecule has 0 saturated carbocycles. The number of aryl methyl sites for hydroxylation is 1.